The predicted octanol–water partition coefficient (Wildman–Crippen LogP) is 2.20. The van der Waals surface area contributed by atoms with Crippen LogP contribution in [0.15, 0.2) is 30.3 Å². The number of aromatic nitrogens is 2. The summed E-state index contributed by atoms with van der Waals surface area (Å²) in [6.07, 6.45) is 1.96. The number of carbonyl (C=O) groups excluding carboxylic acids is 2. The molecule has 1 aromatic heterocycles. The van der Waals surface area contributed by atoms with Crippen molar-refractivity contribution in [2.45, 2.75) is 39.2 Å². The molecule has 0 aliphatic rings. The lowest BCUT2D eigenvalue weighted by Gasteiger charge is -2.13. The van der Waals surface area contributed by atoms with E-state index in [2.05, 4.69) is 15.7 Å². The van der Waals surface area contributed by atoms with E-state index in [1.165, 1.54) is 16.8 Å². The van der Waals surface area contributed by atoms with Crippen LogP contribution in [0, 0.1) is 5.82 Å². The van der Waals surface area contributed by atoms with Crippen LogP contribution in [0.25, 0.3) is 0 Å². The molecular formula is C18H23FN4O2. The lowest BCUT2D eigenvalue weighted by molar-refractivity contribution is -0.136. The second-order valence-corrected chi connectivity index (χ2v) is 6.00. The van der Waals surface area contributed by atoms with Crippen LogP contribution in [-0.2, 0) is 29.5 Å². The predicted molar refractivity (Wildman–Crippen MR) is 93.5 cm³/mol. The van der Waals surface area contributed by atoms with Crippen molar-refractivity contribution in [3.63, 3.8) is 0 Å². The van der Waals surface area contributed by atoms with E-state index in [0.717, 1.165) is 17.7 Å². The summed E-state index contributed by atoms with van der Waals surface area (Å²) in [5.74, 6) is -1.24. The molecule has 0 bridgehead atoms. The van der Waals surface area contributed by atoms with Gasteiger partial charge in [0.25, 0.3) is 0 Å². The lowest BCUT2D eigenvalue weighted by atomic mass is 10.1. The van der Waals surface area contributed by atoms with Gasteiger partial charge in [-0.2, -0.15) is 5.10 Å². The molecule has 0 fully saturated rings. The van der Waals surface area contributed by atoms with Crippen LogP contribution >= 0.6 is 0 Å². The summed E-state index contributed by atoms with van der Waals surface area (Å²) in [5, 5.41) is 9.41. The number of hydrogen-bond acceptors (Lipinski definition) is 3. The van der Waals surface area contributed by atoms with Gasteiger partial charge < -0.3 is 10.6 Å². The second kappa shape index (κ2) is 8.41. The van der Waals surface area contributed by atoms with Gasteiger partial charge in [0, 0.05) is 19.2 Å². The number of benzene rings is 1. The van der Waals surface area contributed by atoms with Gasteiger partial charge in [0.1, 0.15) is 11.6 Å². The minimum Gasteiger partial charge on any atom is -0.345 e. The number of anilines is 1. The van der Waals surface area contributed by atoms with Crippen molar-refractivity contribution in [2.24, 2.45) is 7.05 Å². The van der Waals surface area contributed by atoms with E-state index in [1.54, 1.807) is 19.2 Å². The molecule has 7 heteroatoms. The lowest BCUT2D eigenvalue weighted by Crippen LogP contribution is -2.41. The topological polar surface area (TPSA) is 76.0 Å². The first-order valence-corrected chi connectivity index (χ1v) is 8.28. The molecule has 2 aromatic rings. The molecule has 0 aliphatic heterocycles. The van der Waals surface area contributed by atoms with Crippen molar-refractivity contribution in [3.8, 4) is 0 Å². The second-order valence-electron chi connectivity index (χ2n) is 6.00. The molecule has 2 rings (SSSR count). The SMILES string of the molecule is CCc1cc(NC(=O)C(=O)N[C@H](C)CCc2cccc(F)c2)n(C)n1. The molecule has 25 heavy (non-hydrogen) atoms. The van der Waals surface area contributed by atoms with Crippen molar-refractivity contribution < 1.29 is 14.0 Å². The third kappa shape index (κ3) is 5.41. The number of rotatable bonds is 6. The maximum Gasteiger partial charge on any atom is 0.314 e. The number of hydrogen-bond donors (Lipinski definition) is 2. The van der Waals surface area contributed by atoms with E-state index in [1.807, 2.05) is 19.9 Å². The fraction of sp³-hybridized carbons (Fsp3) is 0.389. The third-order valence-corrected chi connectivity index (χ3v) is 3.87. The maximum atomic E-state index is 13.1. The zero-order valence-electron chi connectivity index (χ0n) is 14.7. The summed E-state index contributed by atoms with van der Waals surface area (Å²) in [6, 6.07) is 7.87. The van der Waals surface area contributed by atoms with Gasteiger partial charge in [-0.25, -0.2) is 4.39 Å². The van der Waals surface area contributed by atoms with Gasteiger partial charge in [0.2, 0.25) is 0 Å². The Bertz CT molecular complexity index is 757. The van der Waals surface area contributed by atoms with Crippen molar-refractivity contribution in [1.82, 2.24) is 15.1 Å². The van der Waals surface area contributed by atoms with Crippen molar-refractivity contribution >= 4 is 17.6 Å². The molecule has 0 spiro atoms. The van der Waals surface area contributed by atoms with Crippen molar-refractivity contribution in [3.05, 3.63) is 47.4 Å². The molecular weight excluding hydrogens is 323 g/mol. The third-order valence-electron chi connectivity index (χ3n) is 3.87. The Kier molecular flexibility index (Phi) is 6.27. The number of carbonyl (C=O) groups is 2. The van der Waals surface area contributed by atoms with Gasteiger partial charge in [0.15, 0.2) is 0 Å². The maximum absolute atomic E-state index is 13.1. The molecule has 0 saturated carbocycles. The van der Waals surface area contributed by atoms with E-state index in [4.69, 9.17) is 0 Å². The molecule has 1 heterocycles. The molecule has 0 unspecified atom stereocenters. The van der Waals surface area contributed by atoms with E-state index < -0.39 is 11.8 Å². The first-order valence-electron chi connectivity index (χ1n) is 8.28. The molecule has 0 radical (unpaired) electrons. The number of aryl methyl sites for hydroxylation is 3. The number of amides is 2. The van der Waals surface area contributed by atoms with Crippen LogP contribution in [0.3, 0.4) is 0 Å². The Labute approximate surface area is 146 Å². The summed E-state index contributed by atoms with van der Waals surface area (Å²) >= 11 is 0. The average Bonchev–Trinajstić information content (AvgIpc) is 2.93. The fourth-order valence-corrected chi connectivity index (χ4v) is 2.43. The van der Waals surface area contributed by atoms with Crippen LogP contribution in [0.5, 0.6) is 0 Å². The van der Waals surface area contributed by atoms with Gasteiger partial charge in [-0.15, -0.1) is 0 Å². The van der Waals surface area contributed by atoms with Crippen LogP contribution in [0.1, 0.15) is 31.5 Å². The van der Waals surface area contributed by atoms with Gasteiger partial charge in [0.05, 0.1) is 5.69 Å². The van der Waals surface area contributed by atoms with Gasteiger partial charge in [-0.1, -0.05) is 19.1 Å². The summed E-state index contributed by atoms with van der Waals surface area (Å²) < 4.78 is 14.7. The monoisotopic (exact) mass is 346 g/mol. The van der Waals surface area contributed by atoms with Crippen molar-refractivity contribution in [1.29, 1.82) is 0 Å². The normalized spacial score (nSPS) is 11.8. The van der Waals surface area contributed by atoms with Crippen LogP contribution in [0.4, 0.5) is 10.2 Å². The van der Waals surface area contributed by atoms with Crippen molar-refractivity contribution in [2.75, 3.05) is 5.32 Å². The minimum atomic E-state index is -0.733. The van der Waals surface area contributed by atoms with E-state index >= 15 is 0 Å². The van der Waals surface area contributed by atoms with E-state index in [9.17, 15) is 14.0 Å². The van der Waals surface area contributed by atoms with E-state index in [0.29, 0.717) is 18.7 Å². The highest BCUT2D eigenvalue weighted by Gasteiger charge is 2.18. The average molecular weight is 346 g/mol. The zero-order valence-corrected chi connectivity index (χ0v) is 14.7. The van der Waals surface area contributed by atoms with E-state index in [-0.39, 0.29) is 11.9 Å². The Hall–Kier alpha value is -2.70. The highest BCUT2D eigenvalue weighted by molar-refractivity contribution is 6.39. The Morgan fingerprint density at radius 2 is 2.04 bits per heavy atom. The fourth-order valence-electron chi connectivity index (χ4n) is 2.43. The summed E-state index contributed by atoms with van der Waals surface area (Å²) in [4.78, 5) is 24.0. The minimum absolute atomic E-state index is 0.209. The smallest absolute Gasteiger partial charge is 0.314 e. The highest BCUT2D eigenvalue weighted by Crippen LogP contribution is 2.10. The Morgan fingerprint density at radius 3 is 2.68 bits per heavy atom. The van der Waals surface area contributed by atoms with Gasteiger partial charge in [-0.3, -0.25) is 14.3 Å². The quantitative estimate of drug-likeness (QED) is 0.787. The number of halogens is 1. The number of nitrogens with zero attached hydrogens (tertiary/aromatic N) is 2. The Morgan fingerprint density at radius 1 is 1.28 bits per heavy atom. The number of nitrogens with one attached hydrogen (secondary N) is 2. The summed E-state index contributed by atoms with van der Waals surface area (Å²) in [5.41, 5.74) is 1.69. The molecule has 134 valence electrons. The van der Waals surface area contributed by atoms with Crippen LogP contribution < -0.4 is 10.6 Å². The van der Waals surface area contributed by atoms with Crippen LogP contribution in [0.2, 0.25) is 0 Å². The van der Waals surface area contributed by atoms with Gasteiger partial charge >= 0.3 is 11.8 Å². The van der Waals surface area contributed by atoms with Crippen LogP contribution in [-0.4, -0.2) is 27.6 Å². The first kappa shape index (κ1) is 18.6. The summed E-state index contributed by atoms with van der Waals surface area (Å²) in [6.45, 7) is 3.77. The summed E-state index contributed by atoms with van der Waals surface area (Å²) in [7, 11) is 1.70. The highest BCUT2D eigenvalue weighted by atomic mass is 19.1. The molecule has 1 atom stereocenters. The largest absolute Gasteiger partial charge is 0.345 e. The molecule has 6 nitrogen and oxygen atoms in total. The zero-order chi connectivity index (χ0) is 18.4. The Balaban J connectivity index is 1.83. The molecule has 2 N–H and O–H groups in total. The first-order chi connectivity index (χ1) is 11.9. The molecule has 0 saturated heterocycles. The standard InChI is InChI=1S/C18H23FN4O2/c1-4-15-11-16(23(3)22-15)21-18(25)17(24)20-12(2)8-9-13-6-5-7-14(19)10-13/h5-7,10-12H,4,8-9H2,1-3H3,(H,20,24)(H,21,25)/t12-/m1/s1. The molecule has 2 amide bonds. The molecule has 0 aliphatic carbocycles. The molecule has 1 aromatic carbocycles. The van der Waals surface area contributed by atoms with Gasteiger partial charge in [-0.05, 0) is 43.9 Å².